The summed E-state index contributed by atoms with van der Waals surface area (Å²) in [6.45, 7) is 5.95. The lowest BCUT2D eigenvalue weighted by molar-refractivity contribution is -0.127. The highest BCUT2D eigenvalue weighted by molar-refractivity contribution is 6.22. The van der Waals surface area contributed by atoms with E-state index in [1.807, 2.05) is 4.90 Å². The fraction of sp³-hybridized carbons (Fsp3) is 0.933. The molecule has 1 atom stereocenters. The smallest absolute Gasteiger partial charge is 0.224 e. The molecule has 0 bridgehead atoms. The molecule has 1 heterocycles. The Kier molecular flexibility index (Phi) is 9.27. The minimum atomic E-state index is 0.0311. The van der Waals surface area contributed by atoms with E-state index in [2.05, 4.69) is 12.2 Å². The molecule has 1 unspecified atom stereocenters. The molecule has 4 heteroatoms. The van der Waals surface area contributed by atoms with Crippen molar-refractivity contribution in [2.45, 2.75) is 63.7 Å². The van der Waals surface area contributed by atoms with Gasteiger partial charge in [-0.25, -0.2) is 0 Å². The minimum Gasteiger partial charge on any atom is -0.341 e. The first kappa shape index (κ1) is 16.8. The van der Waals surface area contributed by atoms with Crippen molar-refractivity contribution >= 4 is 17.5 Å². The number of halogens is 1. The Hall–Kier alpha value is -0.280. The van der Waals surface area contributed by atoms with Gasteiger partial charge in [-0.1, -0.05) is 39.0 Å². The molecule has 0 aromatic carbocycles. The highest BCUT2D eigenvalue weighted by Gasteiger charge is 2.26. The Bertz CT molecular complexity index is 248. The van der Waals surface area contributed by atoms with E-state index in [1.165, 1.54) is 38.5 Å². The summed E-state index contributed by atoms with van der Waals surface area (Å²) in [5, 5.41) is 3.49. The summed E-state index contributed by atoms with van der Waals surface area (Å²) < 4.78 is 0. The minimum absolute atomic E-state index is 0.0311. The lowest BCUT2D eigenvalue weighted by atomic mass is 10.1. The van der Waals surface area contributed by atoms with Crippen LogP contribution in [-0.4, -0.2) is 42.4 Å². The zero-order chi connectivity index (χ0) is 13.9. The zero-order valence-corrected chi connectivity index (χ0v) is 13.1. The Morgan fingerprint density at radius 1 is 1.16 bits per heavy atom. The van der Waals surface area contributed by atoms with Crippen LogP contribution in [0.15, 0.2) is 0 Å². The molecular weight excluding hydrogens is 260 g/mol. The van der Waals surface area contributed by atoms with Gasteiger partial charge in [0.05, 0.1) is 5.38 Å². The third-order valence-electron chi connectivity index (χ3n) is 3.66. The van der Waals surface area contributed by atoms with Gasteiger partial charge in [0.25, 0.3) is 0 Å². The molecule has 0 radical (unpaired) electrons. The van der Waals surface area contributed by atoms with Gasteiger partial charge < -0.3 is 10.2 Å². The van der Waals surface area contributed by atoms with Crippen LogP contribution in [0.5, 0.6) is 0 Å². The van der Waals surface area contributed by atoms with Crippen molar-refractivity contribution in [3.05, 3.63) is 0 Å². The molecule has 1 aliphatic heterocycles. The second-order valence-electron chi connectivity index (χ2n) is 5.51. The predicted octanol–water partition coefficient (Wildman–Crippen LogP) is 3.17. The van der Waals surface area contributed by atoms with Gasteiger partial charge in [-0.15, -0.1) is 11.6 Å². The van der Waals surface area contributed by atoms with Crippen LogP contribution in [0, 0.1) is 0 Å². The summed E-state index contributed by atoms with van der Waals surface area (Å²) in [5.74, 6) is 0.218. The van der Waals surface area contributed by atoms with Crippen molar-refractivity contribution < 1.29 is 4.79 Å². The fourth-order valence-electron chi connectivity index (χ4n) is 2.49. The maximum Gasteiger partial charge on any atom is 0.224 e. The summed E-state index contributed by atoms with van der Waals surface area (Å²) in [6, 6.07) is 0. The third-order valence-corrected chi connectivity index (χ3v) is 3.95. The molecule has 1 rings (SSSR count). The molecule has 112 valence electrons. The van der Waals surface area contributed by atoms with Gasteiger partial charge in [-0.05, 0) is 25.9 Å². The molecule has 0 aliphatic carbocycles. The summed E-state index contributed by atoms with van der Waals surface area (Å²) >= 11 is 5.96. The van der Waals surface area contributed by atoms with Crippen LogP contribution in [0.4, 0.5) is 0 Å². The topological polar surface area (TPSA) is 32.3 Å². The lowest BCUT2D eigenvalue weighted by Gasteiger charge is -2.15. The van der Waals surface area contributed by atoms with Gasteiger partial charge in [0.2, 0.25) is 5.91 Å². The van der Waals surface area contributed by atoms with E-state index in [0.29, 0.717) is 6.42 Å². The number of hydrogen-bond donors (Lipinski definition) is 1. The molecule has 1 N–H and O–H groups in total. The molecule has 19 heavy (non-hydrogen) atoms. The maximum atomic E-state index is 11.5. The second-order valence-corrected chi connectivity index (χ2v) is 6.13. The molecule has 1 amide bonds. The molecule has 0 saturated carbocycles. The molecule has 1 saturated heterocycles. The standard InChI is InChI=1S/C15H29ClN2O/c1-2-3-4-5-6-7-9-17-10-8-11-18-13-14(16)12-15(18)19/h14,17H,2-13H2,1H3. The van der Waals surface area contributed by atoms with Crippen molar-refractivity contribution in [1.82, 2.24) is 10.2 Å². The Morgan fingerprint density at radius 2 is 1.84 bits per heavy atom. The summed E-state index contributed by atoms with van der Waals surface area (Å²) in [5.41, 5.74) is 0. The van der Waals surface area contributed by atoms with E-state index >= 15 is 0 Å². The Balaban J connectivity index is 1.82. The maximum absolute atomic E-state index is 11.5. The first-order valence-electron chi connectivity index (χ1n) is 7.86. The molecule has 3 nitrogen and oxygen atoms in total. The summed E-state index contributed by atoms with van der Waals surface area (Å²) in [6.07, 6.45) is 9.61. The van der Waals surface area contributed by atoms with Crippen molar-refractivity contribution in [3.8, 4) is 0 Å². The normalized spacial score (nSPS) is 19.4. The molecule has 0 spiro atoms. The van der Waals surface area contributed by atoms with Crippen molar-refractivity contribution in [2.75, 3.05) is 26.2 Å². The van der Waals surface area contributed by atoms with E-state index in [1.54, 1.807) is 0 Å². The van der Waals surface area contributed by atoms with Crippen LogP contribution in [0.1, 0.15) is 58.3 Å². The van der Waals surface area contributed by atoms with E-state index in [4.69, 9.17) is 11.6 Å². The van der Waals surface area contributed by atoms with Crippen molar-refractivity contribution in [2.24, 2.45) is 0 Å². The number of carbonyl (C=O) groups is 1. The van der Waals surface area contributed by atoms with E-state index in [0.717, 1.165) is 32.6 Å². The van der Waals surface area contributed by atoms with Gasteiger partial charge in [0.1, 0.15) is 0 Å². The van der Waals surface area contributed by atoms with Gasteiger partial charge in [0.15, 0.2) is 0 Å². The van der Waals surface area contributed by atoms with Crippen LogP contribution in [-0.2, 0) is 4.79 Å². The summed E-state index contributed by atoms with van der Waals surface area (Å²) in [4.78, 5) is 13.4. The molecule has 1 fully saturated rings. The van der Waals surface area contributed by atoms with E-state index in [-0.39, 0.29) is 11.3 Å². The number of alkyl halides is 1. The summed E-state index contributed by atoms with van der Waals surface area (Å²) in [7, 11) is 0. The third kappa shape index (κ3) is 7.78. The molecular formula is C15H29ClN2O. The zero-order valence-electron chi connectivity index (χ0n) is 12.3. The predicted molar refractivity (Wildman–Crippen MR) is 81.7 cm³/mol. The van der Waals surface area contributed by atoms with Crippen molar-refractivity contribution in [3.63, 3.8) is 0 Å². The number of nitrogens with zero attached hydrogens (tertiary/aromatic N) is 1. The van der Waals surface area contributed by atoms with E-state index in [9.17, 15) is 4.79 Å². The first-order chi connectivity index (χ1) is 9.24. The molecule has 0 aromatic rings. The quantitative estimate of drug-likeness (QED) is 0.468. The van der Waals surface area contributed by atoms with Gasteiger partial charge in [-0.3, -0.25) is 4.79 Å². The number of likely N-dealkylation sites (tertiary alicyclic amines) is 1. The number of unbranched alkanes of at least 4 members (excludes halogenated alkanes) is 5. The Morgan fingerprint density at radius 3 is 2.53 bits per heavy atom. The van der Waals surface area contributed by atoms with Gasteiger partial charge >= 0.3 is 0 Å². The van der Waals surface area contributed by atoms with Gasteiger partial charge in [-0.2, -0.15) is 0 Å². The Labute approximate surface area is 123 Å². The van der Waals surface area contributed by atoms with Crippen LogP contribution in [0.2, 0.25) is 0 Å². The number of amides is 1. The van der Waals surface area contributed by atoms with Crippen LogP contribution in [0.3, 0.4) is 0 Å². The number of rotatable bonds is 11. The largest absolute Gasteiger partial charge is 0.341 e. The highest BCUT2D eigenvalue weighted by Crippen LogP contribution is 2.15. The van der Waals surface area contributed by atoms with Gasteiger partial charge in [0, 0.05) is 19.5 Å². The number of hydrogen-bond acceptors (Lipinski definition) is 2. The van der Waals surface area contributed by atoms with Crippen molar-refractivity contribution in [1.29, 1.82) is 0 Å². The molecule has 0 aromatic heterocycles. The monoisotopic (exact) mass is 288 g/mol. The average molecular weight is 289 g/mol. The lowest BCUT2D eigenvalue weighted by Crippen LogP contribution is -2.29. The molecule has 1 aliphatic rings. The second kappa shape index (κ2) is 10.5. The number of carbonyl (C=O) groups excluding carboxylic acids is 1. The van der Waals surface area contributed by atoms with E-state index < -0.39 is 0 Å². The average Bonchev–Trinajstić information content (AvgIpc) is 2.70. The highest BCUT2D eigenvalue weighted by atomic mass is 35.5. The number of nitrogens with one attached hydrogen (secondary N) is 1. The SMILES string of the molecule is CCCCCCCCNCCCN1CC(Cl)CC1=O. The van der Waals surface area contributed by atoms with Crippen LogP contribution >= 0.6 is 11.6 Å². The fourth-order valence-corrected chi connectivity index (χ4v) is 2.79. The van der Waals surface area contributed by atoms with Crippen LogP contribution in [0.25, 0.3) is 0 Å². The first-order valence-corrected chi connectivity index (χ1v) is 8.30. The van der Waals surface area contributed by atoms with Crippen LogP contribution < -0.4 is 5.32 Å².